The molecule has 76 valence electrons. The summed E-state index contributed by atoms with van der Waals surface area (Å²) in [6.45, 7) is 1.93. The normalized spacial score (nSPS) is 14.7. The first kappa shape index (κ1) is 11.0. The molecule has 1 aromatic heterocycles. The topological polar surface area (TPSA) is 50.2 Å². The molecule has 0 aromatic carbocycles. The fourth-order valence-corrected chi connectivity index (χ4v) is 1.64. The second-order valence-corrected chi connectivity index (χ2v) is 3.74. The summed E-state index contributed by atoms with van der Waals surface area (Å²) in [6.07, 6.45) is 3.92. The minimum Gasteiger partial charge on any atom is -0.481 e. The lowest BCUT2D eigenvalue weighted by Gasteiger charge is -2.17. The highest BCUT2D eigenvalue weighted by atomic mass is 32.1. The number of aromatic nitrogens is 1. The van der Waals surface area contributed by atoms with Gasteiger partial charge in [0.25, 0.3) is 0 Å². The van der Waals surface area contributed by atoms with E-state index in [4.69, 9.17) is 5.11 Å². The summed E-state index contributed by atoms with van der Waals surface area (Å²) in [4.78, 5) is 14.9. The lowest BCUT2D eigenvalue weighted by molar-refractivity contribution is -0.138. The van der Waals surface area contributed by atoms with E-state index in [2.05, 4.69) is 17.6 Å². The summed E-state index contributed by atoms with van der Waals surface area (Å²) >= 11 is 4.27. The third kappa shape index (κ3) is 2.48. The molecule has 0 aliphatic rings. The van der Waals surface area contributed by atoms with Crippen molar-refractivity contribution in [3.8, 4) is 0 Å². The predicted octanol–water partition coefficient (Wildman–Crippen LogP) is 1.96. The van der Waals surface area contributed by atoms with Crippen LogP contribution in [0.3, 0.4) is 0 Å². The number of carboxylic acid groups (broad SMARTS) is 1. The van der Waals surface area contributed by atoms with E-state index in [0.717, 1.165) is 12.0 Å². The molecule has 0 radical (unpaired) electrons. The van der Waals surface area contributed by atoms with E-state index in [1.54, 1.807) is 24.5 Å². The highest BCUT2D eigenvalue weighted by Gasteiger charge is 2.25. The average molecular weight is 211 g/mol. The molecule has 0 amide bonds. The van der Waals surface area contributed by atoms with Crippen LogP contribution >= 0.6 is 12.6 Å². The molecule has 0 bridgehead atoms. The number of rotatable bonds is 4. The van der Waals surface area contributed by atoms with Crippen LogP contribution in [0.2, 0.25) is 0 Å². The van der Waals surface area contributed by atoms with Gasteiger partial charge in [0, 0.05) is 17.6 Å². The third-order valence-corrected chi connectivity index (χ3v) is 2.80. The number of hydrogen-bond donors (Lipinski definition) is 2. The summed E-state index contributed by atoms with van der Waals surface area (Å²) in [6, 6.07) is 3.44. The van der Waals surface area contributed by atoms with Crippen molar-refractivity contribution in [2.75, 3.05) is 0 Å². The van der Waals surface area contributed by atoms with E-state index in [1.165, 1.54) is 0 Å². The monoisotopic (exact) mass is 211 g/mol. The van der Waals surface area contributed by atoms with Gasteiger partial charge in [-0.15, -0.1) is 0 Å². The predicted molar refractivity (Wildman–Crippen MR) is 57.7 cm³/mol. The van der Waals surface area contributed by atoms with Crippen molar-refractivity contribution >= 4 is 18.6 Å². The second kappa shape index (κ2) is 5.00. The van der Waals surface area contributed by atoms with Gasteiger partial charge in [0.2, 0.25) is 0 Å². The maximum atomic E-state index is 11.0. The van der Waals surface area contributed by atoms with Gasteiger partial charge >= 0.3 is 5.97 Å². The van der Waals surface area contributed by atoms with E-state index in [-0.39, 0.29) is 5.25 Å². The first-order chi connectivity index (χ1) is 6.66. The van der Waals surface area contributed by atoms with Crippen molar-refractivity contribution < 1.29 is 9.90 Å². The van der Waals surface area contributed by atoms with Gasteiger partial charge in [-0.05, 0) is 24.1 Å². The van der Waals surface area contributed by atoms with Crippen molar-refractivity contribution in [2.24, 2.45) is 0 Å². The molecule has 0 spiro atoms. The number of pyridine rings is 1. The molecule has 4 heteroatoms. The quantitative estimate of drug-likeness (QED) is 0.748. The lowest BCUT2D eigenvalue weighted by atomic mass is 9.95. The van der Waals surface area contributed by atoms with Gasteiger partial charge in [0.15, 0.2) is 0 Å². The summed E-state index contributed by atoms with van der Waals surface area (Å²) in [5.41, 5.74) is 0.759. The first-order valence-corrected chi connectivity index (χ1v) is 4.99. The Morgan fingerprint density at radius 1 is 1.57 bits per heavy atom. The van der Waals surface area contributed by atoms with Crippen LogP contribution in [0.15, 0.2) is 24.5 Å². The van der Waals surface area contributed by atoms with Crippen LogP contribution in [0.5, 0.6) is 0 Å². The summed E-state index contributed by atoms with van der Waals surface area (Å²) in [5, 5.41) is 8.90. The third-order valence-electron chi connectivity index (χ3n) is 2.13. The fourth-order valence-electron chi connectivity index (χ4n) is 1.34. The Morgan fingerprint density at radius 3 is 2.57 bits per heavy atom. The fraction of sp³-hybridized carbons (Fsp3) is 0.400. The molecule has 3 nitrogen and oxygen atoms in total. The maximum Gasteiger partial charge on any atom is 0.312 e. The number of thiol groups is 1. The second-order valence-electron chi connectivity index (χ2n) is 3.07. The van der Waals surface area contributed by atoms with Gasteiger partial charge in [-0.1, -0.05) is 6.92 Å². The van der Waals surface area contributed by atoms with E-state index in [0.29, 0.717) is 0 Å². The van der Waals surface area contributed by atoms with Crippen molar-refractivity contribution in [2.45, 2.75) is 24.5 Å². The van der Waals surface area contributed by atoms with Crippen LogP contribution < -0.4 is 0 Å². The number of carbonyl (C=O) groups is 1. The van der Waals surface area contributed by atoms with Crippen molar-refractivity contribution in [3.05, 3.63) is 30.1 Å². The molecule has 14 heavy (non-hydrogen) atoms. The standard InChI is InChI=1S/C10H13NO2S/c1-2-8(14)9(10(12)13)7-3-5-11-6-4-7/h3-6,8-9,14H,2H2,1H3,(H,12,13). The lowest BCUT2D eigenvalue weighted by Crippen LogP contribution is -2.21. The zero-order valence-electron chi connectivity index (χ0n) is 7.92. The van der Waals surface area contributed by atoms with Crippen molar-refractivity contribution in [1.82, 2.24) is 4.98 Å². The molecule has 0 saturated carbocycles. The summed E-state index contributed by atoms with van der Waals surface area (Å²) in [5.74, 6) is -1.38. The molecule has 0 aliphatic heterocycles. The molecule has 2 unspecified atom stereocenters. The zero-order valence-corrected chi connectivity index (χ0v) is 8.82. The molecule has 0 aliphatic carbocycles. The minimum atomic E-state index is -0.835. The van der Waals surface area contributed by atoms with Crippen LogP contribution in [0.25, 0.3) is 0 Å². The van der Waals surface area contributed by atoms with Gasteiger partial charge in [-0.3, -0.25) is 9.78 Å². The van der Waals surface area contributed by atoms with Crippen LogP contribution in [0, 0.1) is 0 Å². The smallest absolute Gasteiger partial charge is 0.312 e. The molecule has 0 saturated heterocycles. The average Bonchev–Trinajstić information content (AvgIpc) is 2.19. The van der Waals surface area contributed by atoms with Gasteiger partial charge in [0.05, 0.1) is 5.92 Å². The van der Waals surface area contributed by atoms with Crippen LogP contribution in [0.1, 0.15) is 24.8 Å². The molecule has 0 fully saturated rings. The van der Waals surface area contributed by atoms with E-state index in [9.17, 15) is 4.79 Å². The van der Waals surface area contributed by atoms with E-state index in [1.807, 2.05) is 6.92 Å². The van der Waals surface area contributed by atoms with Gasteiger partial charge in [0.1, 0.15) is 0 Å². The first-order valence-electron chi connectivity index (χ1n) is 4.47. The molecule has 1 rings (SSSR count). The van der Waals surface area contributed by atoms with Crippen LogP contribution in [-0.4, -0.2) is 21.3 Å². The SMILES string of the molecule is CCC(S)C(C(=O)O)c1ccncc1. The van der Waals surface area contributed by atoms with Gasteiger partial charge < -0.3 is 5.11 Å². The Kier molecular flexibility index (Phi) is 3.95. The van der Waals surface area contributed by atoms with Crippen LogP contribution in [0.4, 0.5) is 0 Å². The number of nitrogens with zero attached hydrogens (tertiary/aromatic N) is 1. The van der Waals surface area contributed by atoms with E-state index >= 15 is 0 Å². The molecule has 1 heterocycles. The van der Waals surface area contributed by atoms with Gasteiger partial charge in [-0.25, -0.2) is 0 Å². The summed E-state index contributed by atoms with van der Waals surface area (Å²) < 4.78 is 0. The maximum absolute atomic E-state index is 11.0. The number of hydrogen-bond acceptors (Lipinski definition) is 3. The molecular weight excluding hydrogens is 198 g/mol. The molecular formula is C10H13NO2S. The molecule has 2 atom stereocenters. The Bertz CT molecular complexity index is 302. The Labute approximate surface area is 88.6 Å². The molecule has 1 N–H and O–H groups in total. The van der Waals surface area contributed by atoms with E-state index < -0.39 is 11.9 Å². The summed E-state index contributed by atoms with van der Waals surface area (Å²) in [7, 11) is 0. The Morgan fingerprint density at radius 2 is 2.14 bits per heavy atom. The van der Waals surface area contributed by atoms with Crippen molar-refractivity contribution in [3.63, 3.8) is 0 Å². The largest absolute Gasteiger partial charge is 0.481 e. The number of carboxylic acids is 1. The number of aliphatic carboxylic acids is 1. The Balaban J connectivity index is 2.95. The minimum absolute atomic E-state index is 0.158. The highest BCUT2D eigenvalue weighted by molar-refractivity contribution is 7.81. The highest BCUT2D eigenvalue weighted by Crippen LogP contribution is 2.25. The van der Waals surface area contributed by atoms with Crippen LogP contribution in [-0.2, 0) is 4.79 Å². The Hall–Kier alpha value is -1.03. The van der Waals surface area contributed by atoms with Crippen molar-refractivity contribution in [1.29, 1.82) is 0 Å². The zero-order chi connectivity index (χ0) is 10.6. The molecule has 1 aromatic rings. The van der Waals surface area contributed by atoms with Gasteiger partial charge in [-0.2, -0.15) is 12.6 Å².